The number of anilines is 3. The number of aromatic nitrogens is 6. The van der Waals surface area contributed by atoms with E-state index in [0.29, 0.717) is 18.0 Å². The van der Waals surface area contributed by atoms with Crippen LogP contribution in [-0.2, 0) is 17.8 Å². The molecule has 2 aliphatic heterocycles. The Bertz CT molecular complexity index is 1200. The summed E-state index contributed by atoms with van der Waals surface area (Å²) >= 11 is 0. The van der Waals surface area contributed by atoms with Gasteiger partial charge in [-0.3, -0.25) is 14.6 Å². The summed E-state index contributed by atoms with van der Waals surface area (Å²) in [6.45, 7) is 11.7. The third-order valence-electron chi connectivity index (χ3n) is 7.14. The van der Waals surface area contributed by atoms with Crippen molar-refractivity contribution < 1.29 is 4.79 Å². The number of aryl methyl sites for hydroxylation is 1. The summed E-state index contributed by atoms with van der Waals surface area (Å²) in [5, 5.41) is 14.8. The second-order valence-electron chi connectivity index (χ2n) is 10.1. The van der Waals surface area contributed by atoms with E-state index in [1.54, 1.807) is 10.9 Å². The first-order chi connectivity index (χ1) is 17.9. The summed E-state index contributed by atoms with van der Waals surface area (Å²) in [6.07, 6.45) is 6.18. The van der Waals surface area contributed by atoms with Crippen molar-refractivity contribution in [1.29, 1.82) is 0 Å². The Hall–Kier alpha value is -3.73. The van der Waals surface area contributed by atoms with Crippen molar-refractivity contribution in [3.8, 4) is 0 Å². The lowest BCUT2D eigenvalue weighted by Crippen LogP contribution is -2.45. The van der Waals surface area contributed by atoms with Crippen molar-refractivity contribution in [2.45, 2.75) is 32.7 Å². The fraction of sp³-hybridized carbons (Fsp3) is 0.500. The molecule has 0 aromatic carbocycles. The number of aromatic amines is 1. The molecule has 0 radical (unpaired) electrons. The number of likely N-dealkylation sites (tertiary alicyclic amines) is 1. The van der Waals surface area contributed by atoms with Crippen LogP contribution >= 0.6 is 0 Å². The highest BCUT2D eigenvalue weighted by Crippen LogP contribution is 2.25. The lowest BCUT2D eigenvalue weighted by molar-refractivity contribution is -0.128. The molecule has 37 heavy (non-hydrogen) atoms. The van der Waals surface area contributed by atoms with Crippen molar-refractivity contribution in [3.05, 3.63) is 54.3 Å². The van der Waals surface area contributed by atoms with Gasteiger partial charge >= 0.3 is 0 Å². The van der Waals surface area contributed by atoms with Gasteiger partial charge in [-0.2, -0.15) is 10.2 Å². The zero-order chi connectivity index (χ0) is 25.8. The molecular weight excluding hydrogens is 468 g/mol. The minimum Gasteiger partial charge on any atom is -0.354 e. The predicted octanol–water partition coefficient (Wildman–Crippen LogP) is 2.24. The Kier molecular flexibility index (Phi) is 7.50. The largest absolute Gasteiger partial charge is 0.354 e. The summed E-state index contributed by atoms with van der Waals surface area (Å²) < 4.78 is 1.73. The van der Waals surface area contributed by atoms with Gasteiger partial charge in [0.15, 0.2) is 5.82 Å². The van der Waals surface area contributed by atoms with Crippen LogP contribution in [0.15, 0.2) is 42.7 Å². The van der Waals surface area contributed by atoms with Crippen LogP contribution in [0.25, 0.3) is 0 Å². The van der Waals surface area contributed by atoms with Crippen molar-refractivity contribution in [2.24, 2.45) is 5.92 Å². The second-order valence-corrected chi connectivity index (χ2v) is 10.1. The van der Waals surface area contributed by atoms with E-state index in [2.05, 4.69) is 44.0 Å². The van der Waals surface area contributed by atoms with E-state index >= 15 is 0 Å². The van der Waals surface area contributed by atoms with Gasteiger partial charge in [-0.15, -0.1) is 0 Å². The van der Waals surface area contributed by atoms with Crippen LogP contribution in [0.3, 0.4) is 0 Å². The molecule has 0 unspecified atom stereocenters. The van der Waals surface area contributed by atoms with E-state index in [9.17, 15) is 4.79 Å². The molecular formula is C26H36N10O. The van der Waals surface area contributed by atoms with E-state index in [1.807, 2.05) is 36.2 Å². The van der Waals surface area contributed by atoms with Gasteiger partial charge in [0.2, 0.25) is 0 Å². The first-order valence-corrected chi connectivity index (χ1v) is 13.0. The number of rotatable bonds is 8. The number of piperidine rings is 1. The number of nitrogens with one attached hydrogen (secondary N) is 2. The molecule has 11 heteroatoms. The molecule has 3 aromatic rings. The Morgan fingerprint density at radius 1 is 1.11 bits per heavy atom. The summed E-state index contributed by atoms with van der Waals surface area (Å²) in [7, 11) is 2.15. The van der Waals surface area contributed by atoms with E-state index in [1.165, 1.54) is 0 Å². The molecule has 5 heterocycles. The first-order valence-electron chi connectivity index (χ1n) is 13.0. The molecule has 0 atom stereocenters. The zero-order valence-corrected chi connectivity index (χ0v) is 21.7. The molecule has 0 saturated carbocycles. The number of nitrogens with zero attached hydrogens (tertiary/aromatic N) is 8. The number of H-pyrrole nitrogens is 1. The zero-order valence-electron chi connectivity index (χ0n) is 21.7. The molecule has 0 aliphatic carbocycles. The lowest BCUT2D eigenvalue weighted by Gasteiger charge is -2.34. The summed E-state index contributed by atoms with van der Waals surface area (Å²) in [5.41, 5.74) is 1.55. The van der Waals surface area contributed by atoms with Gasteiger partial charge in [-0.1, -0.05) is 6.58 Å². The Labute approximate surface area is 217 Å². The third-order valence-corrected chi connectivity index (χ3v) is 7.14. The molecule has 11 nitrogen and oxygen atoms in total. The SMILES string of the molecule is C=C(Cn1cccn1)C(=O)N1CCC(Cc2nc(Nc3cc(C)[nH]n3)cc(N3CCN(C)CC3)n2)CC1. The second kappa shape index (κ2) is 11.1. The number of hydrogen-bond donors (Lipinski definition) is 2. The molecule has 5 rings (SSSR count). The van der Waals surface area contributed by atoms with Crippen LogP contribution in [0.1, 0.15) is 24.4 Å². The van der Waals surface area contributed by atoms with E-state index in [0.717, 1.165) is 87.5 Å². The first kappa shape index (κ1) is 24.9. The van der Waals surface area contributed by atoms with Gasteiger partial charge in [0.05, 0.1) is 6.54 Å². The number of likely N-dealkylation sites (N-methyl/N-ethyl adjacent to an activating group) is 1. The maximum absolute atomic E-state index is 12.9. The van der Waals surface area contributed by atoms with Crippen LogP contribution in [0.4, 0.5) is 17.5 Å². The van der Waals surface area contributed by atoms with Gasteiger partial charge < -0.3 is 20.0 Å². The molecule has 0 bridgehead atoms. The number of piperazine rings is 1. The molecule has 3 aromatic heterocycles. The van der Waals surface area contributed by atoms with Crippen LogP contribution in [0.2, 0.25) is 0 Å². The molecule has 2 aliphatic rings. The van der Waals surface area contributed by atoms with Crippen LogP contribution in [0.5, 0.6) is 0 Å². The number of amides is 1. The van der Waals surface area contributed by atoms with Crippen molar-refractivity contribution >= 4 is 23.4 Å². The summed E-state index contributed by atoms with van der Waals surface area (Å²) in [6, 6.07) is 5.83. The smallest absolute Gasteiger partial charge is 0.251 e. The summed E-state index contributed by atoms with van der Waals surface area (Å²) in [4.78, 5) is 29.3. The standard InChI is InChI=1S/C26H36N10O/c1-19(18-36-8-4-7-27-36)26(37)35-9-5-21(6-10-35)16-22-28-23(29-24-15-20(2)31-32-24)17-25(30-22)34-13-11-33(3)12-14-34/h4,7-8,15,17,21H,1,5-6,9-14,16,18H2,2-3H3,(H2,28,29,30,31,32). The van der Waals surface area contributed by atoms with Crippen LogP contribution < -0.4 is 10.2 Å². The highest BCUT2D eigenvalue weighted by atomic mass is 16.2. The molecule has 1 amide bonds. The predicted molar refractivity (Wildman–Crippen MR) is 143 cm³/mol. The van der Waals surface area contributed by atoms with Gasteiger partial charge in [0, 0.05) is 81.5 Å². The summed E-state index contributed by atoms with van der Waals surface area (Å²) in [5.74, 6) is 3.73. The molecule has 2 N–H and O–H groups in total. The Morgan fingerprint density at radius 3 is 2.57 bits per heavy atom. The van der Waals surface area contributed by atoms with Gasteiger partial charge in [-0.25, -0.2) is 9.97 Å². The molecule has 0 spiro atoms. The Morgan fingerprint density at radius 2 is 1.89 bits per heavy atom. The van der Waals surface area contributed by atoms with Gasteiger partial charge in [0.1, 0.15) is 17.5 Å². The van der Waals surface area contributed by atoms with Crippen LogP contribution in [-0.4, -0.2) is 92.0 Å². The number of hydrogen-bond acceptors (Lipinski definition) is 8. The fourth-order valence-electron chi connectivity index (χ4n) is 4.93. The molecule has 2 saturated heterocycles. The van der Waals surface area contributed by atoms with Crippen molar-refractivity contribution in [2.75, 3.05) is 56.5 Å². The topological polar surface area (TPSA) is 111 Å². The van der Waals surface area contributed by atoms with E-state index < -0.39 is 0 Å². The van der Waals surface area contributed by atoms with Gasteiger partial charge in [-0.05, 0) is 38.8 Å². The number of carbonyl (C=O) groups excluding carboxylic acids is 1. The van der Waals surface area contributed by atoms with Crippen molar-refractivity contribution in [1.82, 2.24) is 39.7 Å². The average Bonchev–Trinajstić information content (AvgIpc) is 3.56. The number of carbonyl (C=O) groups is 1. The monoisotopic (exact) mass is 504 g/mol. The average molecular weight is 505 g/mol. The fourth-order valence-corrected chi connectivity index (χ4v) is 4.93. The maximum atomic E-state index is 12.9. The minimum absolute atomic E-state index is 0.0167. The normalized spacial score (nSPS) is 17.2. The minimum atomic E-state index is 0.0167. The third kappa shape index (κ3) is 6.34. The maximum Gasteiger partial charge on any atom is 0.251 e. The van der Waals surface area contributed by atoms with E-state index in [-0.39, 0.29) is 5.91 Å². The molecule has 196 valence electrons. The van der Waals surface area contributed by atoms with Crippen molar-refractivity contribution in [3.63, 3.8) is 0 Å². The molecule has 2 fully saturated rings. The van der Waals surface area contributed by atoms with Gasteiger partial charge in [0.25, 0.3) is 5.91 Å². The quantitative estimate of drug-likeness (QED) is 0.450. The van der Waals surface area contributed by atoms with E-state index in [4.69, 9.17) is 9.97 Å². The highest BCUT2D eigenvalue weighted by molar-refractivity contribution is 5.92. The highest BCUT2D eigenvalue weighted by Gasteiger charge is 2.26. The lowest BCUT2D eigenvalue weighted by atomic mass is 9.93. The Balaban J connectivity index is 1.23. The van der Waals surface area contributed by atoms with Crippen LogP contribution in [0, 0.1) is 12.8 Å².